The summed E-state index contributed by atoms with van der Waals surface area (Å²) < 4.78 is 26.7. The first kappa shape index (κ1) is 22.8. The van der Waals surface area contributed by atoms with E-state index in [0.29, 0.717) is 36.2 Å². The molecule has 4 N–H and O–H groups in total. The van der Waals surface area contributed by atoms with Crippen LogP contribution in [-0.2, 0) is 9.84 Å². The number of nitrogens with one attached hydrogen (secondary N) is 3. The molecule has 0 aromatic carbocycles. The number of sulfone groups is 1. The Bertz CT molecular complexity index is 1220. The topological polar surface area (TPSA) is 133 Å². The van der Waals surface area contributed by atoms with Gasteiger partial charge in [-0.1, -0.05) is 12.8 Å². The van der Waals surface area contributed by atoms with Gasteiger partial charge in [0.05, 0.1) is 15.9 Å². The van der Waals surface area contributed by atoms with Gasteiger partial charge in [-0.3, -0.25) is 10.1 Å². The molecule has 0 aliphatic heterocycles. The van der Waals surface area contributed by atoms with Gasteiger partial charge in [0.2, 0.25) is 9.84 Å². The van der Waals surface area contributed by atoms with Gasteiger partial charge in [0, 0.05) is 42.2 Å². The number of aliphatic hydroxyl groups is 1. The average Bonchev–Trinajstić information content (AvgIpc) is 3.53. The summed E-state index contributed by atoms with van der Waals surface area (Å²) in [5.74, 6) is 1.97. The van der Waals surface area contributed by atoms with Gasteiger partial charge in [-0.05, 0) is 56.7 Å². The number of pyridine rings is 2. The fraction of sp³-hybridized carbons (Fsp3) is 0.458. The summed E-state index contributed by atoms with van der Waals surface area (Å²) in [6, 6.07) is 8.34. The summed E-state index contributed by atoms with van der Waals surface area (Å²) >= 11 is 0. The van der Waals surface area contributed by atoms with Gasteiger partial charge in [0.1, 0.15) is 11.6 Å². The molecule has 2 fully saturated rings. The molecule has 0 radical (unpaired) electrons. The molecule has 2 aliphatic rings. The summed E-state index contributed by atoms with van der Waals surface area (Å²) in [6.07, 6.45) is 10.4. The second kappa shape index (κ2) is 9.71. The lowest BCUT2D eigenvalue weighted by atomic mass is 9.93. The number of anilines is 3. The summed E-state index contributed by atoms with van der Waals surface area (Å²) in [4.78, 5) is 8.86. The maximum atomic E-state index is 13.3. The van der Waals surface area contributed by atoms with Gasteiger partial charge < -0.3 is 15.7 Å². The quantitative estimate of drug-likeness (QED) is 0.395. The predicted octanol–water partition coefficient (Wildman–Crippen LogP) is 4.15. The van der Waals surface area contributed by atoms with Crippen LogP contribution in [-0.4, -0.2) is 45.8 Å². The van der Waals surface area contributed by atoms with Gasteiger partial charge >= 0.3 is 0 Å². The molecule has 3 aromatic heterocycles. The minimum Gasteiger partial charge on any atom is -0.393 e. The van der Waals surface area contributed by atoms with Crippen molar-refractivity contribution in [1.82, 2.24) is 20.2 Å². The van der Waals surface area contributed by atoms with Crippen molar-refractivity contribution in [3.63, 3.8) is 0 Å². The second-order valence-electron chi connectivity index (χ2n) is 9.23. The van der Waals surface area contributed by atoms with E-state index in [1.807, 2.05) is 6.07 Å². The summed E-state index contributed by atoms with van der Waals surface area (Å²) in [5, 5.41) is 23.9. The van der Waals surface area contributed by atoms with Crippen LogP contribution >= 0.6 is 0 Å². The Morgan fingerprint density at radius 1 is 0.941 bits per heavy atom. The number of hydrogen-bond donors (Lipinski definition) is 4. The Morgan fingerprint density at radius 2 is 1.71 bits per heavy atom. The van der Waals surface area contributed by atoms with E-state index in [0.717, 1.165) is 31.4 Å². The highest BCUT2D eigenvalue weighted by Gasteiger charge is 2.24. The Labute approximate surface area is 199 Å². The van der Waals surface area contributed by atoms with Crippen LogP contribution in [0.2, 0.25) is 0 Å². The fourth-order valence-electron chi connectivity index (χ4n) is 4.85. The van der Waals surface area contributed by atoms with Gasteiger partial charge in [-0.15, -0.1) is 0 Å². The predicted molar refractivity (Wildman–Crippen MR) is 129 cm³/mol. The van der Waals surface area contributed by atoms with Crippen molar-refractivity contribution in [3.8, 4) is 0 Å². The normalized spacial score (nSPS) is 21.4. The number of aliphatic hydroxyl groups excluding tert-OH is 1. The third kappa shape index (κ3) is 5.07. The van der Waals surface area contributed by atoms with E-state index >= 15 is 0 Å². The Morgan fingerprint density at radius 3 is 2.44 bits per heavy atom. The van der Waals surface area contributed by atoms with Gasteiger partial charge in [-0.25, -0.2) is 13.4 Å². The van der Waals surface area contributed by atoms with Gasteiger partial charge in [-0.2, -0.15) is 5.10 Å². The molecule has 0 atom stereocenters. The summed E-state index contributed by atoms with van der Waals surface area (Å²) in [7, 11) is -3.78. The van der Waals surface area contributed by atoms with Crippen LogP contribution < -0.4 is 10.6 Å². The molecule has 10 heteroatoms. The van der Waals surface area contributed by atoms with E-state index < -0.39 is 9.84 Å². The van der Waals surface area contributed by atoms with Crippen molar-refractivity contribution in [2.45, 2.75) is 79.2 Å². The van der Waals surface area contributed by atoms with E-state index in [4.69, 9.17) is 0 Å². The van der Waals surface area contributed by atoms with Crippen LogP contribution in [0, 0.1) is 0 Å². The van der Waals surface area contributed by atoms with Crippen LogP contribution in [0.25, 0.3) is 0 Å². The van der Waals surface area contributed by atoms with Gasteiger partial charge in [0.25, 0.3) is 0 Å². The fourth-order valence-corrected chi connectivity index (χ4v) is 6.11. The van der Waals surface area contributed by atoms with Crippen LogP contribution in [0.1, 0.15) is 63.0 Å². The van der Waals surface area contributed by atoms with E-state index in [-0.39, 0.29) is 21.9 Å². The summed E-state index contributed by atoms with van der Waals surface area (Å²) in [6.45, 7) is 0. The molecule has 0 unspecified atom stereocenters. The number of nitrogens with zero attached hydrogens (tertiary/aromatic N) is 3. The molecule has 0 saturated heterocycles. The second-order valence-corrected chi connectivity index (χ2v) is 11.2. The smallest absolute Gasteiger partial charge is 0.208 e. The molecule has 9 nitrogen and oxygen atoms in total. The van der Waals surface area contributed by atoms with E-state index in [2.05, 4.69) is 30.8 Å². The van der Waals surface area contributed by atoms with Gasteiger partial charge in [0.15, 0.2) is 5.82 Å². The van der Waals surface area contributed by atoms with Crippen molar-refractivity contribution >= 4 is 27.3 Å². The maximum absolute atomic E-state index is 13.3. The van der Waals surface area contributed by atoms with Crippen LogP contribution in [0.3, 0.4) is 0 Å². The molecule has 0 bridgehead atoms. The van der Waals surface area contributed by atoms with E-state index in [9.17, 15) is 13.5 Å². The van der Waals surface area contributed by atoms with Crippen molar-refractivity contribution in [1.29, 1.82) is 0 Å². The molecule has 5 rings (SSSR count). The number of hydrogen-bond acceptors (Lipinski definition) is 8. The van der Waals surface area contributed by atoms with Crippen LogP contribution in [0.15, 0.2) is 52.5 Å². The minimum atomic E-state index is -3.78. The number of H-pyrrole nitrogens is 1. The third-order valence-electron chi connectivity index (χ3n) is 6.75. The number of aromatic nitrogens is 4. The highest BCUT2D eigenvalue weighted by Crippen LogP contribution is 2.34. The van der Waals surface area contributed by atoms with E-state index in [1.54, 1.807) is 18.3 Å². The lowest BCUT2D eigenvalue weighted by Gasteiger charge is -2.26. The summed E-state index contributed by atoms with van der Waals surface area (Å²) in [5.41, 5.74) is 1.10. The van der Waals surface area contributed by atoms with Crippen LogP contribution in [0.5, 0.6) is 0 Å². The highest BCUT2D eigenvalue weighted by atomic mass is 32.2. The molecule has 2 saturated carbocycles. The molecule has 2 aliphatic carbocycles. The molecule has 3 aromatic rings. The standard InChI is InChI=1S/C24H30N6O3S/c31-18-9-7-17(8-10-18)26-22-12-20(34(32,33)19-6-3-11-25-15-19)13-23(27-22)28-24-14-21(29-30-24)16-4-1-2-5-16/h3,6,11-18,31H,1-2,4-5,7-10H2,(H3,26,27,28,29,30). The van der Waals surface area contributed by atoms with Crippen molar-refractivity contribution in [2.24, 2.45) is 0 Å². The first-order valence-corrected chi connectivity index (χ1v) is 13.4. The molecule has 180 valence electrons. The highest BCUT2D eigenvalue weighted by molar-refractivity contribution is 7.91. The third-order valence-corrected chi connectivity index (χ3v) is 8.47. The maximum Gasteiger partial charge on any atom is 0.208 e. The first-order valence-electron chi connectivity index (χ1n) is 11.9. The SMILES string of the molecule is O=S(=O)(c1cccnc1)c1cc(Nc2cc(C3CCCC3)[nH]n2)nc(NC2CCC(O)CC2)c1. The van der Waals surface area contributed by atoms with Crippen molar-refractivity contribution in [2.75, 3.05) is 10.6 Å². The zero-order valence-corrected chi connectivity index (χ0v) is 19.8. The average molecular weight is 483 g/mol. The first-order chi connectivity index (χ1) is 16.5. The van der Waals surface area contributed by atoms with Crippen molar-refractivity contribution < 1.29 is 13.5 Å². The molecular formula is C24H30N6O3S. The zero-order chi connectivity index (χ0) is 23.5. The molecule has 3 heterocycles. The Kier molecular flexibility index (Phi) is 6.51. The molecule has 0 amide bonds. The lowest BCUT2D eigenvalue weighted by molar-refractivity contribution is 0.126. The lowest BCUT2D eigenvalue weighted by Crippen LogP contribution is -2.28. The number of rotatable bonds is 7. The molecular weight excluding hydrogens is 452 g/mol. The van der Waals surface area contributed by atoms with Crippen molar-refractivity contribution in [3.05, 3.63) is 48.4 Å². The van der Waals surface area contributed by atoms with E-state index in [1.165, 1.54) is 31.2 Å². The monoisotopic (exact) mass is 482 g/mol. The largest absolute Gasteiger partial charge is 0.393 e. The Hall–Kier alpha value is -2.98. The molecule has 34 heavy (non-hydrogen) atoms. The number of aromatic amines is 1. The molecule has 0 spiro atoms. The zero-order valence-electron chi connectivity index (χ0n) is 18.9. The van der Waals surface area contributed by atoms with Crippen LogP contribution in [0.4, 0.5) is 17.5 Å². The minimum absolute atomic E-state index is 0.124. The Balaban J connectivity index is 1.44.